The van der Waals surface area contributed by atoms with Crippen LogP contribution in [-0.2, 0) is 19.5 Å². The maximum absolute atomic E-state index is 5.68. The number of aromatic nitrogens is 2. The third-order valence-corrected chi connectivity index (χ3v) is 4.52. The van der Waals surface area contributed by atoms with Gasteiger partial charge < -0.3 is 19.9 Å². The van der Waals surface area contributed by atoms with Crippen LogP contribution in [0.3, 0.4) is 0 Å². The third-order valence-electron chi connectivity index (χ3n) is 4.52. The van der Waals surface area contributed by atoms with Gasteiger partial charge in [0.05, 0.1) is 6.61 Å². The normalized spacial score (nSPS) is 11.0. The molecule has 0 unspecified atom stereocenters. The molecule has 0 atom stereocenters. The number of guanidine groups is 1. The summed E-state index contributed by atoms with van der Waals surface area (Å²) in [7, 11) is 1.76. The molecule has 0 saturated heterocycles. The molecule has 0 aliphatic heterocycles. The number of ether oxygens (including phenoxy) is 1. The highest BCUT2D eigenvalue weighted by Crippen LogP contribution is 2.19. The number of benzene rings is 2. The van der Waals surface area contributed by atoms with Crippen LogP contribution in [0.25, 0.3) is 11.5 Å². The van der Waals surface area contributed by atoms with Gasteiger partial charge in [0.25, 0.3) is 5.89 Å². The van der Waals surface area contributed by atoms with Crippen LogP contribution in [-0.4, -0.2) is 29.8 Å². The fourth-order valence-electron chi connectivity index (χ4n) is 3.04. The average Bonchev–Trinajstić information content (AvgIpc) is 3.24. The molecule has 8 heteroatoms. The first-order chi connectivity index (χ1) is 14.7. The number of hydrogen-bond donors (Lipinski definition) is 2. The van der Waals surface area contributed by atoms with Gasteiger partial charge in [-0.15, -0.1) is 24.0 Å². The Bertz CT molecular complexity index is 974. The molecule has 0 spiro atoms. The molecule has 3 aromatic rings. The molecule has 1 heterocycles. The summed E-state index contributed by atoms with van der Waals surface area (Å²) in [5, 5.41) is 10.7. The highest BCUT2D eigenvalue weighted by atomic mass is 127. The predicted molar refractivity (Wildman–Crippen MR) is 134 cm³/mol. The van der Waals surface area contributed by atoms with E-state index in [0.29, 0.717) is 25.6 Å². The van der Waals surface area contributed by atoms with Crippen molar-refractivity contribution in [2.24, 2.45) is 4.99 Å². The molecule has 0 bridgehead atoms. The summed E-state index contributed by atoms with van der Waals surface area (Å²) < 4.78 is 11.1. The van der Waals surface area contributed by atoms with Gasteiger partial charge >= 0.3 is 0 Å². The van der Waals surface area contributed by atoms with Gasteiger partial charge in [0.2, 0.25) is 0 Å². The van der Waals surface area contributed by atoms with Crippen LogP contribution >= 0.6 is 24.0 Å². The summed E-state index contributed by atoms with van der Waals surface area (Å²) in [5.41, 5.74) is 3.10. The number of rotatable bonds is 9. The van der Waals surface area contributed by atoms with E-state index in [-0.39, 0.29) is 24.0 Å². The van der Waals surface area contributed by atoms with Crippen molar-refractivity contribution < 1.29 is 9.26 Å². The zero-order chi connectivity index (χ0) is 21.2. The maximum atomic E-state index is 5.68. The van der Waals surface area contributed by atoms with Crippen LogP contribution in [0.2, 0.25) is 0 Å². The fourth-order valence-corrected chi connectivity index (χ4v) is 3.04. The standard InChI is InChI=1S/C23H29N5O2.HI/c1-4-9-21-27-22(30-28-21)18-12-8-10-17(14-18)15-25-23(24-3)26-16-19-11-6-7-13-20(19)29-5-2;/h6-8,10-14H,4-5,9,15-16H2,1-3H3,(H2,24,25,26);1H. The van der Waals surface area contributed by atoms with Crippen molar-refractivity contribution in [1.29, 1.82) is 0 Å². The van der Waals surface area contributed by atoms with E-state index < -0.39 is 0 Å². The Hall–Kier alpha value is -2.62. The van der Waals surface area contributed by atoms with Gasteiger partial charge in [-0.2, -0.15) is 4.98 Å². The Labute approximate surface area is 200 Å². The van der Waals surface area contributed by atoms with Crippen molar-refractivity contribution in [3.05, 3.63) is 65.5 Å². The summed E-state index contributed by atoms with van der Waals surface area (Å²) in [5.74, 6) is 2.90. The Balaban J connectivity index is 0.00000341. The van der Waals surface area contributed by atoms with Crippen molar-refractivity contribution in [3.63, 3.8) is 0 Å². The topological polar surface area (TPSA) is 84.6 Å². The van der Waals surface area contributed by atoms with Crippen molar-refractivity contribution in [1.82, 2.24) is 20.8 Å². The van der Waals surface area contributed by atoms with E-state index in [2.05, 4.69) is 38.8 Å². The molecule has 0 radical (unpaired) electrons. The second kappa shape index (κ2) is 12.9. The highest BCUT2D eigenvalue weighted by molar-refractivity contribution is 14.0. The Morgan fingerprint density at radius 2 is 1.87 bits per heavy atom. The maximum Gasteiger partial charge on any atom is 0.257 e. The summed E-state index contributed by atoms with van der Waals surface area (Å²) in [6.45, 7) is 5.96. The summed E-state index contributed by atoms with van der Waals surface area (Å²) >= 11 is 0. The molecule has 31 heavy (non-hydrogen) atoms. The second-order valence-corrected chi connectivity index (χ2v) is 6.79. The van der Waals surface area contributed by atoms with E-state index in [9.17, 15) is 0 Å². The highest BCUT2D eigenvalue weighted by Gasteiger charge is 2.09. The largest absolute Gasteiger partial charge is 0.494 e. The molecule has 0 aliphatic carbocycles. The van der Waals surface area contributed by atoms with E-state index in [1.807, 2.05) is 49.4 Å². The second-order valence-electron chi connectivity index (χ2n) is 6.79. The predicted octanol–water partition coefficient (Wildman–Crippen LogP) is 4.57. The molecule has 2 aromatic carbocycles. The van der Waals surface area contributed by atoms with Crippen molar-refractivity contribution in [2.45, 2.75) is 39.8 Å². The molecule has 0 amide bonds. The van der Waals surface area contributed by atoms with Crippen LogP contribution in [0, 0.1) is 0 Å². The number of halogens is 1. The lowest BCUT2D eigenvalue weighted by atomic mass is 10.1. The van der Waals surface area contributed by atoms with Gasteiger partial charge in [-0.1, -0.05) is 42.4 Å². The first-order valence-electron chi connectivity index (χ1n) is 10.3. The molecule has 166 valence electrons. The molecule has 0 aliphatic rings. The third kappa shape index (κ3) is 7.23. The van der Waals surface area contributed by atoms with Gasteiger partial charge in [0, 0.05) is 37.7 Å². The number of nitrogens with zero attached hydrogens (tertiary/aromatic N) is 3. The molecule has 3 rings (SSSR count). The number of hydrogen-bond acceptors (Lipinski definition) is 5. The molecule has 2 N–H and O–H groups in total. The van der Waals surface area contributed by atoms with Crippen LogP contribution in [0.5, 0.6) is 5.75 Å². The van der Waals surface area contributed by atoms with Gasteiger partial charge in [-0.3, -0.25) is 4.99 Å². The SMILES string of the molecule is CCCc1noc(-c2cccc(CNC(=NC)NCc3ccccc3OCC)c2)n1.I. The van der Waals surface area contributed by atoms with E-state index in [0.717, 1.165) is 47.1 Å². The first kappa shape index (κ1) is 24.6. The summed E-state index contributed by atoms with van der Waals surface area (Å²) in [6.07, 6.45) is 1.81. The lowest BCUT2D eigenvalue weighted by Crippen LogP contribution is -2.36. The quantitative estimate of drug-likeness (QED) is 0.237. The minimum atomic E-state index is 0. The van der Waals surface area contributed by atoms with Gasteiger partial charge in [-0.05, 0) is 37.1 Å². The molecular weight excluding hydrogens is 505 g/mol. The Kier molecular flexibility index (Phi) is 10.3. The van der Waals surface area contributed by atoms with Gasteiger partial charge in [-0.25, -0.2) is 0 Å². The molecule has 0 fully saturated rings. The van der Waals surface area contributed by atoms with Crippen LogP contribution in [0.15, 0.2) is 58.0 Å². The number of aryl methyl sites for hydroxylation is 1. The smallest absolute Gasteiger partial charge is 0.257 e. The van der Waals surface area contributed by atoms with Crippen LogP contribution in [0.1, 0.15) is 37.2 Å². The number of aliphatic imine (C=N–C) groups is 1. The monoisotopic (exact) mass is 535 g/mol. The van der Waals surface area contributed by atoms with Gasteiger partial charge in [0.15, 0.2) is 11.8 Å². The number of para-hydroxylation sites is 1. The molecule has 7 nitrogen and oxygen atoms in total. The fraction of sp³-hybridized carbons (Fsp3) is 0.348. The van der Waals surface area contributed by atoms with Crippen LogP contribution < -0.4 is 15.4 Å². The van der Waals surface area contributed by atoms with E-state index >= 15 is 0 Å². The summed E-state index contributed by atoms with van der Waals surface area (Å²) in [6, 6.07) is 16.1. The number of nitrogens with one attached hydrogen (secondary N) is 2. The molecule has 0 saturated carbocycles. The minimum Gasteiger partial charge on any atom is -0.494 e. The lowest BCUT2D eigenvalue weighted by molar-refractivity contribution is 0.336. The van der Waals surface area contributed by atoms with E-state index in [4.69, 9.17) is 9.26 Å². The molecule has 1 aromatic heterocycles. The lowest BCUT2D eigenvalue weighted by Gasteiger charge is -2.14. The van der Waals surface area contributed by atoms with Crippen molar-refractivity contribution >= 4 is 29.9 Å². The summed E-state index contributed by atoms with van der Waals surface area (Å²) in [4.78, 5) is 8.77. The zero-order valence-corrected chi connectivity index (χ0v) is 20.6. The Morgan fingerprint density at radius 1 is 1.06 bits per heavy atom. The van der Waals surface area contributed by atoms with E-state index in [1.165, 1.54) is 0 Å². The van der Waals surface area contributed by atoms with Crippen LogP contribution in [0.4, 0.5) is 0 Å². The van der Waals surface area contributed by atoms with Crippen molar-refractivity contribution in [2.75, 3.05) is 13.7 Å². The van der Waals surface area contributed by atoms with Crippen molar-refractivity contribution in [3.8, 4) is 17.2 Å². The van der Waals surface area contributed by atoms with E-state index in [1.54, 1.807) is 7.05 Å². The van der Waals surface area contributed by atoms with Gasteiger partial charge in [0.1, 0.15) is 5.75 Å². The Morgan fingerprint density at radius 3 is 2.65 bits per heavy atom. The zero-order valence-electron chi connectivity index (χ0n) is 18.2. The molecular formula is C23H30IN5O2. The average molecular weight is 535 g/mol. The minimum absolute atomic E-state index is 0. The first-order valence-corrected chi connectivity index (χ1v) is 10.3.